The van der Waals surface area contributed by atoms with Crippen molar-refractivity contribution < 1.29 is 12.8 Å². The maximum atomic E-state index is 12.9. The van der Waals surface area contributed by atoms with E-state index in [9.17, 15) is 8.42 Å². The highest BCUT2D eigenvalue weighted by Crippen LogP contribution is 2.42. The average Bonchev–Trinajstić information content (AvgIpc) is 3.16. The minimum Gasteiger partial charge on any atom is -0.443 e. The second-order valence-corrected chi connectivity index (χ2v) is 8.86. The number of furan rings is 1. The van der Waals surface area contributed by atoms with Crippen molar-refractivity contribution in [1.29, 1.82) is 0 Å². The van der Waals surface area contributed by atoms with Crippen molar-refractivity contribution in [2.24, 2.45) is 5.41 Å². The molecule has 2 saturated heterocycles. The SMILES string of the molecule is CN1CCC2(CC1)CCN(S(=O)(=O)c1cc3ccccc3o1)C2. The molecule has 1 aromatic heterocycles. The zero-order valence-corrected chi connectivity index (χ0v) is 14.2. The number of hydrogen-bond donors (Lipinski definition) is 0. The van der Waals surface area contributed by atoms with E-state index in [0.717, 1.165) is 37.7 Å². The minimum atomic E-state index is -3.54. The number of benzene rings is 1. The number of fused-ring (bicyclic) bond motifs is 1. The van der Waals surface area contributed by atoms with E-state index in [4.69, 9.17) is 4.42 Å². The Hall–Kier alpha value is -1.37. The van der Waals surface area contributed by atoms with Gasteiger partial charge in [-0.25, -0.2) is 8.42 Å². The van der Waals surface area contributed by atoms with Gasteiger partial charge < -0.3 is 9.32 Å². The van der Waals surface area contributed by atoms with E-state index in [1.807, 2.05) is 18.2 Å². The van der Waals surface area contributed by atoms with Crippen molar-refractivity contribution in [3.05, 3.63) is 30.3 Å². The standard InChI is InChI=1S/C17H22N2O3S/c1-18-9-6-17(7-10-18)8-11-19(13-17)23(20,21)16-12-14-4-2-3-5-15(14)22-16/h2-5,12H,6-11,13H2,1H3. The van der Waals surface area contributed by atoms with E-state index in [2.05, 4.69) is 11.9 Å². The molecule has 5 nitrogen and oxygen atoms in total. The number of para-hydroxylation sites is 1. The summed E-state index contributed by atoms with van der Waals surface area (Å²) in [5.41, 5.74) is 0.783. The van der Waals surface area contributed by atoms with Gasteiger partial charge in [-0.3, -0.25) is 0 Å². The van der Waals surface area contributed by atoms with Crippen molar-refractivity contribution in [1.82, 2.24) is 9.21 Å². The van der Waals surface area contributed by atoms with Crippen LogP contribution < -0.4 is 0 Å². The van der Waals surface area contributed by atoms with Gasteiger partial charge in [-0.1, -0.05) is 18.2 Å². The topological polar surface area (TPSA) is 53.8 Å². The average molecular weight is 334 g/mol. The minimum absolute atomic E-state index is 0.0728. The van der Waals surface area contributed by atoms with E-state index in [1.165, 1.54) is 0 Å². The molecule has 2 aliphatic rings. The molecule has 2 aliphatic heterocycles. The molecule has 1 aromatic carbocycles. The highest BCUT2D eigenvalue weighted by atomic mass is 32.2. The first-order chi connectivity index (χ1) is 11.0. The van der Waals surface area contributed by atoms with E-state index in [0.29, 0.717) is 18.7 Å². The van der Waals surface area contributed by atoms with Crippen molar-refractivity contribution >= 4 is 21.0 Å². The maximum absolute atomic E-state index is 12.9. The predicted octanol–water partition coefficient (Wildman–Crippen LogP) is 2.54. The zero-order chi connectivity index (χ0) is 16.1. The van der Waals surface area contributed by atoms with E-state index >= 15 is 0 Å². The quantitative estimate of drug-likeness (QED) is 0.847. The largest absolute Gasteiger partial charge is 0.443 e. The molecule has 0 radical (unpaired) electrons. The van der Waals surface area contributed by atoms with Crippen LogP contribution in [0.3, 0.4) is 0 Å². The number of piperidine rings is 1. The van der Waals surface area contributed by atoms with Gasteiger partial charge in [0, 0.05) is 24.5 Å². The van der Waals surface area contributed by atoms with Crippen LogP contribution in [0.1, 0.15) is 19.3 Å². The predicted molar refractivity (Wildman–Crippen MR) is 88.8 cm³/mol. The molecule has 1 spiro atoms. The summed E-state index contributed by atoms with van der Waals surface area (Å²) in [6, 6.07) is 9.06. The zero-order valence-electron chi connectivity index (χ0n) is 13.4. The number of hydrogen-bond acceptors (Lipinski definition) is 4. The Labute approximate surface area is 136 Å². The first kappa shape index (κ1) is 15.2. The Kier molecular flexibility index (Phi) is 3.51. The van der Waals surface area contributed by atoms with Crippen molar-refractivity contribution in [3.63, 3.8) is 0 Å². The molecule has 3 heterocycles. The molecule has 2 aromatic rings. The van der Waals surface area contributed by atoms with Crippen LogP contribution in [-0.2, 0) is 10.0 Å². The number of sulfonamides is 1. The van der Waals surface area contributed by atoms with Gasteiger partial charge in [0.05, 0.1) is 0 Å². The monoisotopic (exact) mass is 334 g/mol. The molecule has 124 valence electrons. The summed E-state index contributed by atoms with van der Waals surface area (Å²) in [6.45, 7) is 3.33. The Bertz CT molecular complexity index is 786. The molecule has 0 N–H and O–H groups in total. The third-order valence-corrected chi connectivity index (χ3v) is 7.15. The van der Waals surface area contributed by atoms with Gasteiger partial charge in [-0.05, 0) is 50.9 Å². The fraction of sp³-hybridized carbons (Fsp3) is 0.529. The van der Waals surface area contributed by atoms with Crippen LogP contribution in [0.5, 0.6) is 0 Å². The summed E-state index contributed by atoms with van der Waals surface area (Å²) in [7, 11) is -1.41. The molecule has 23 heavy (non-hydrogen) atoms. The summed E-state index contributed by atoms with van der Waals surface area (Å²) in [5.74, 6) is 0. The molecule has 0 bridgehead atoms. The normalized spacial score (nSPS) is 23.0. The third kappa shape index (κ3) is 2.58. The summed E-state index contributed by atoms with van der Waals surface area (Å²) in [5, 5.41) is 0.906. The first-order valence-corrected chi connectivity index (χ1v) is 9.60. The molecule has 0 amide bonds. The van der Waals surface area contributed by atoms with Crippen LogP contribution in [0.15, 0.2) is 39.8 Å². The molecular formula is C17H22N2O3S. The van der Waals surface area contributed by atoms with Gasteiger partial charge in [0.15, 0.2) is 0 Å². The van der Waals surface area contributed by atoms with Crippen molar-refractivity contribution in [2.75, 3.05) is 33.2 Å². The smallest absolute Gasteiger partial charge is 0.276 e. The molecule has 0 aliphatic carbocycles. The highest BCUT2D eigenvalue weighted by molar-refractivity contribution is 7.89. The molecule has 2 fully saturated rings. The molecule has 0 atom stereocenters. The Morgan fingerprint density at radius 2 is 1.78 bits per heavy atom. The molecule has 4 rings (SSSR count). The van der Waals surface area contributed by atoms with Crippen LogP contribution in [0.2, 0.25) is 0 Å². The molecule has 6 heteroatoms. The van der Waals surface area contributed by atoms with Gasteiger partial charge in [0.1, 0.15) is 5.58 Å². The van der Waals surface area contributed by atoms with Gasteiger partial charge >= 0.3 is 0 Å². The fourth-order valence-electron chi connectivity index (χ4n) is 3.81. The van der Waals surface area contributed by atoms with E-state index in [1.54, 1.807) is 16.4 Å². The molecular weight excluding hydrogens is 312 g/mol. The van der Waals surface area contributed by atoms with Gasteiger partial charge in [0.25, 0.3) is 10.0 Å². The summed E-state index contributed by atoms with van der Waals surface area (Å²) >= 11 is 0. The third-order valence-electron chi connectivity index (χ3n) is 5.45. The summed E-state index contributed by atoms with van der Waals surface area (Å²) in [6.07, 6.45) is 3.12. The van der Waals surface area contributed by atoms with Gasteiger partial charge in [0.2, 0.25) is 5.09 Å². The van der Waals surface area contributed by atoms with Crippen LogP contribution in [0, 0.1) is 5.41 Å². The van der Waals surface area contributed by atoms with Crippen molar-refractivity contribution in [3.8, 4) is 0 Å². The molecule has 0 saturated carbocycles. The van der Waals surface area contributed by atoms with Crippen LogP contribution in [-0.4, -0.2) is 50.8 Å². The lowest BCUT2D eigenvalue weighted by molar-refractivity contribution is 0.134. The Morgan fingerprint density at radius 3 is 2.52 bits per heavy atom. The van der Waals surface area contributed by atoms with Gasteiger partial charge in [-0.2, -0.15) is 4.31 Å². The maximum Gasteiger partial charge on any atom is 0.276 e. The lowest BCUT2D eigenvalue weighted by Gasteiger charge is -2.37. The van der Waals surface area contributed by atoms with E-state index in [-0.39, 0.29) is 10.5 Å². The number of rotatable bonds is 2. The fourth-order valence-corrected chi connectivity index (χ4v) is 5.31. The van der Waals surface area contributed by atoms with E-state index < -0.39 is 10.0 Å². The summed E-state index contributed by atoms with van der Waals surface area (Å²) < 4.78 is 33.1. The Balaban J connectivity index is 1.60. The second kappa shape index (κ2) is 5.33. The first-order valence-electron chi connectivity index (χ1n) is 8.16. The van der Waals surface area contributed by atoms with Crippen LogP contribution in [0.4, 0.5) is 0 Å². The Morgan fingerprint density at radius 1 is 1.09 bits per heavy atom. The second-order valence-electron chi connectivity index (χ2n) is 7.00. The lowest BCUT2D eigenvalue weighted by atomic mass is 9.78. The van der Waals surface area contributed by atoms with Crippen molar-refractivity contribution in [2.45, 2.75) is 24.4 Å². The van der Waals surface area contributed by atoms with Crippen LogP contribution in [0.25, 0.3) is 11.0 Å². The number of likely N-dealkylation sites (tertiary alicyclic amines) is 1. The molecule has 0 unspecified atom stereocenters. The summed E-state index contributed by atoms with van der Waals surface area (Å²) in [4.78, 5) is 2.32. The lowest BCUT2D eigenvalue weighted by Crippen LogP contribution is -2.40. The number of nitrogens with zero attached hydrogens (tertiary/aromatic N) is 2. The van der Waals surface area contributed by atoms with Crippen LogP contribution >= 0.6 is 0 Å². The highest BCUT2D eigenvalue weighted by Gasteiger charge is 2.44. The van der Waals surface area contributed by atoms with Gasteiger partial charge in [-0.15, -0.1) is 0 Å².